The molecule has 2 heterocycles. The van der Waals surface area contributed by atoms with E-state index < -0.39 is 0 Å². The van der Waals surface area contributed by atoms with Gasteiger partial charge in [-0.1, -0.05) is 55.6 Å². The predicted octanol–water partition coefficient (Wildman–Crippen LogP) is 6.81. The number of hydrogen-bond donors (Lipinski definition) is 1. The molecule has 2 heteroatoms. The van der Waals surface area contributed by atoms with Crippen LogP contribution in [0.1, 0.15) is 28.7 Å². The van der Waals surface area contributed by atoms with Crippen LogP contribution in [0.25, 0.3) is 44.9 Å². The van der Waals surface area contributed by atoms with Crippen molar-refractivity contribution < 1.29 is 0 Å². The first-order chi connectivity index (χ1) is 13.7. The van der Waals surface area contributed by atoms with E-state index >= 15 is 0 Å². The number of nitrogens with zero attached hydrogens (tertiary/aromatic N) is 1. The zero-order chi connectivity index (χ0) is 19.3. The Balaban J connectivity index is 1.69. The number of pyridine rings is 1. The second-order valence-corrected chi connectivity index (χ2v) is 7.54. The molecule has 0 bridgehead atoms. The van der Waals surface area contributed by atoms with Gasteiger partial charge >= 0.3 is 0 Å². The van der Waals surface area contributed by atoms with Crippen LogP contribution in [-0.4, -0.2) is 9.97 Å². The number of nitrogens with one attached hydrogen (secondary N) is 1. The van der Waals surface area contributed by atoms with Gasteiger partial charge in [0.15, 0.2) is 0 Å². The lowest BCUT2D eigenvalue weighted by atomic mass is 9.94. The van der Waals surface area contributed by atoms with Gasteiger partial charge in [-0.25, -0.2) is 4.98 Å². The van der Waals surface area contributed by atoms with Gasteiger partial charge in [-0.2, -0.15) is 0 Å². The predicted molar refractivity (Wildman–Crippen MR) is 119 cm³/mol. The Hall–Kier alpha value is -3.39. The maximum atomic E-state index is 4.69. The molecule has 0 spiro atoms. The van der Waals surface area contributed by atoms with E-state index in [1.807, 2.05) is 12.3 Å². The summed E-state index contributed by atoms with van der Waals surface area (Å²) in [5.41, 5.74) is 12.0. The molecule has 2 nitrogen and oxygen atoms in total. The van der Waals surface area contributed by atoms with Crippen molar-refractivity contribution in [1.82, 2.24) is 9.97 Å². The van der Waals surface area contributed by atoms with E-state index in [4.69, 9.17) is 4.98 Å². The fourth-order valence-corrected chi connectivity index (χ4v) is 4.33. The number of aromatic amines is 1. The summed E-state index contributed by atoms with van der Waals surface area (Å²) in [7, 11) is 0. The average molecular weight is 362 g/mol. The van der Waals surface area contributed by atoms with Crippen LogP contribution in [0, 0.1) is 6.92 Å². The number of H-pyrrole nitrogens is 1. The molecule has 0 amide bonds. The Morgan fingerprint density at radius 2 is 1.93 bits per heavy atom. The number of allylic oxidation sites excluding steroid dienone is 1. The fourth-order valence-electron chi connectivity index (χ4n) is 4.33. The van der Waals surface area contributed by atoms with Gasteiger partial charge in [0.25, 0.3) is 0 Å². The second kappa shape index (κ2) is 6.35. The van der Waals surface area contributed by atoms with E-state index in [0.717, 1.165) is 29.4 Å². The zero-order valence-corrected chi connectivity index (χ0v) is 16.0. The Labute approximate surface area is 165 Å². The summed E-state index contributed by atoms with van der Waals surface area (Å²) in [6.45, 7) is 10.3. The van der Waals surface area contributed by atoms with Crippen LogP contribution in [0.5, 0.6) is 0 Å². The lowest BCUT2D eigenvalue weighted by Crippen LogP contribution is -1.88. The quantitative estimate of drug-likeness (QED) is 0.426. The number of aryl methyl sites for hydroxylation is 2. The Morgan fingerprint density at radius 1 is 1.04 bits per heavy atom. The van der Waals surface area contributed by atoms with E-state index in [1.54, 1.807) is 0 Å². The highest BCUT2D eigenvalue weighted by Crippen LogP contribution is 2.41. The third kappa shape index (κ3) is 2.53. The van der Waals surface area contributed by atoms with Gasteiger partial charge in [-0.3, -0.25) is 0 Å². The van der Waals surface area contributed by atoms with Crippen molar-refractivity contribution in [1.29, 1.82) is 0 Å². The molecule has 0 atom stereocenters. The summed E-state index contributed by atoms with van der Waals surface area (Å²) in [5.74, 6) is 0. The molecule has 0 radical (unpaired) electrons. The minimum atomic E-state index is 0.916. The largest absolute Gasteiger partial charge is 0.346 e. The maximum Gasteiger partial charge on any atom is 0.137 e. The molecular formula is C26H22N2. The van der Waals surface area contributed by atoms with Crippen molar-refractivity contribution in [3.05, 3.63) is 90.3 Å². The lowest BCUT2D eigenvalue weighted by Gasteiger charge is -2.10. The first kappa shape index (κ1) is 16.8. The van der Waals surface area contributed by atoms with Gasteiger partial charge in [-0.15, -0.1) is 0 Å². The number of rotatable bonds is 3. The molecule has 2 aromatic carbocycles. The van der Waals surface area contributed by atoms with Crippen molar-refractivity contribution in [2.45, 2.75) is 19.8 Å². The summed E-state index contributed by atoms with van der Waals surface area (Å²) in [6, 6.07) is 15.3. The highest BCUT2D eigenvalue weighted by atomic mass is 14.8. The van der Waals surface area contributed by atoms with Crippen LogP contribution in [0.15, 0.2) is 68.0 Å². The summed E-state index contributed by atoms with van der Waals surface area (Å²) < 4.78 is 0. The SMILES string of the molecule is C=Cc1ccc(-c2cnc3[nH]cc(-c4cccc5c4C(=C)CC5)c3c2)cc1C. The van der Waals surface area contributed by atoms with Gasteiger partial charge in [0, 0.05) is 28.9 Å². The van der Waals surface area contributed by atoms with Gasteiger partial charge in [0.2, 0.25) is 0 Å². The molecule has 0 unspecified atom stereocenters. The number of benzene rings is 2. The standard InChI is InChI=1S/C26H22N2/c1-4-18-10-11-20(12-17(18)3)21-13-23-24(15-28-26(23)27-14-21)22-7-5-6-19-9-8-16(2)25(19)22/h4-7,10-15H,1-2,8-9H2,3H3,(H,27,28). The zero-order valence-electron chi connectivity index (χ0n) is 16.0. The lowest BCUT2D eigenvalue weighted by molar-refractivity contribution is 1.08. The van der Waals surface area contributed by atoms with Gasteiger partial charge in [0.05, 0.1) is 0 Å². The molecule has 1 aliphatic rings. The van der Waals surface area contributed by atoms with Gasteiger partial charge in [-0.05, 0) is 64.8 Å². The maximum absolute atomic E-state index is 4.69. The molecular weight excluding hydrogens is 340 g/mol. The molecule has 4 aromatic rings. The van der Waals surface area contributed by atoms with Crippen LogP contribution >= 0.6 is 0 Å². The van der Waals surface area contributed by atoms with Crippen molar-refractivity contribution in [3.8, 4) is 22.3 Å². The van der Waals surface area contributed by atoms with Crippen molar-refractivity contribution in [2.75, 3.05) is 0 Å². The van der Waals surface area contributed by atoms with Crippen LogP contribution in [0.3, 0.4) is 0 Å². The molecule has 0 saturated heterocycles. The summed E-state index contributed by atoms with van der Waals surface area (Å²) in [4.78, 5) is 8.04. The summed E-state index contributed by atoms with van der Waals surface area (Å²) in [6.07, 6.45) is 8.05. The minimum absolute atomic E-state index is 0.916. The van der Waals surface area contributed by atoms with Crippen molar-refractivity contribution >= 4 is 22.7 Å². The topological polar surface area (TPSA) is 28.7 Å². The molecule has 2 aromatic heterocycles. The van der Waals surface area contributed by atoms with E-state index in [9.17, 15) is 0 Å². The molecule has 28 heavy (non-hydrogen) atoms. The first-order valence-electron chi connectivity index (χ1n) is 9.66. The van der Waals surface area contributed by atoms with Crippen LogP contribution in [-0.2, 0) is 6.42 Å². The summed E-state index contributed by atoms with van der Waals surface area (Å²) >= 11 is 0. The molecule has 0 fully saturated rings. The molecule has 0 aliphatic heterocycles. The summed E-state index contributed by atoms with van der Waals surface area (Å²) in [5, 5.41) is 1.15. The molecule has 1 N–H and O–H groups in total. The van der Waals surface area contributed by atoms with Crippen LogP contribution in [0.4, 0.5) is 0 Å². The third-order valence-electron chi connectivity index (χ3n) is 5.84. The molecule has 0 saturated carbocycles. The monoisotopic (exact) mass is 362 g/mol. The smallest absolute Gasteiger partial charge is 0.137 e. The molecule has 5 rings (SSSR count). The second-order valence-electron chi connectivity index (χ2n) is 7.54. The molecule has 1 aliphatic carbocycles. The van der Waals surface area contributed by atoms with Crippen LogP contribution in [0.2, 0.25) is 0 Å². The Kier molecular flexibility index (Phi) is 3.80. The van der Waals surface area contributed by atoms with E-state index in [-0.39, 0.29) is 0 Å². The van der Waals surface area contributed by atoms with Crippen molar-refractivity contribution in [3.63, 3.8) is 0 Å². The third-order valence-corrected chi connectivity index (χ3v) is 5.84. The van der Waals surface area contributed by atoms with E-state index in [0.29, 0.717) is 0 Å². The van der Waals surface area contributed by atoms with Gasteiger partial charge < -0.3 is 4.98 Å². The van der Waals surface area contributed by atoms with Crippen molar-refractivity contribution in [2.24, 2.45) is 0 Å². The number of fused-ring (bicyclic) bond motifs is 2. The first-order valence-corrected chi connectivity index (χ1v) is 9.66. The minimum Gasteiger partial charge on any atom is -0.346 e. The Bertz CT molecular complexity index is 1260. The average Bonchev–Trinajstić information content (AvgIpc) is 3.31. The fraction of sp³-hybridized carbons (Fsp3) is 0.115. The number of hydrogen-bond acceptors (Lipinski definition) is 1. The van der Waals surface area contributed by atoms with E-state index in [1.165, 1.54) is 44.5 Å². The Morgan fingerprint density at radius 3 is 2.75 bits per heavy atom. The molecule has 136 valence electrons. The van der Waals surface area contributed by atoms with Crippen LogP contribution < -0.4 is 0 Å². The highest BCUT2D eigenvalue weighted by molar-refractivity contribution is 5.99. The van der Waals surface area contributed by atoms with E-state index in [2.05, 4.69) is 73.7 Å². The normalized spacial score (nSPS) is 13.1. The highest BCUT2D eigenvalue weighted by Gasteiger charge is 2.20. The number of aromatic nitrogens is 2. The van der Waals surface area contributed by atoms with Gasteiger partial charge in [0.1, 0.15) is 5.65 Å².